The van der Waals surface area contributed by atoms with E-state index in [2.05, 4.69) is 10.6 Å². The van der Waals surface area contributed by atoms with Crippen LogP contribution in [0, 0.1) is 0 Å². The van der Waals surface area contributed by atoms with Crippen molar-refractivity contribution in [2.75, 3.05) is 39.3 Å². The van der Waals surface area contributed by atoms with Crippen LogP contribution >= 0.6 is 0 Å². The zero-order valence-electron chi connectivity index (χ0n) is 35.5. The lowest BCUT2D eigenvalue weighted by molar-refractivity contribution is 0.0714. The third kappa shape index (κ3) is 13.7. The molecule has 32 heteroatoms. The van der Waals surface area contributed by atoms with Gasteiger partial charge in [0.25, 0.3) is 64.1 Å². The number of hydrogen-bond acceptors (Lipinski definition) is 20. The number of rotatable bonds is 21. The van der Waals surface area contributed by atoms with Crippen molar-refractivity contribution in [3.8, 4) is 46.0 Å². The maximum Gasteiger partial charge on any atom is 0.294 e. The van der Waals surface area contributed by atoms with E-state index in [0.29, 0.717) is 48.5 Å². The summed E-state index contributed by atoms with van der Waals surface area (Å²) in [5, 5.41) is 86.1. The molecular weight excluding hydrogens is 1020 g/mol. The third-order valence-corrected chi connectivity index (χ3v) is 13.2. The fraction of sp³-hybridized carbons (Fsp3) is 0.263. The van der Waals surface area contributed by atoms with E-state index in [1.54, 1.807) is 0 Å². The van der Waals surface area contributed by atoms with Crippen LogP contribution < -0.4 is 10.6 Å². The fourth-order valence-corrected chi connectivity index (χ4v) is 8.46. The smallest absolute Gasteiger partial charge is 0.294 e. The Kier molecular flexibility index (Phi) is 17.1. The number of nitrogens with one attached hydrogen (secondary N) is 2. The summed E-state index contributed by atoms with van der Waals surface area (Å²) in [4.78, 5) is 51.3. The van der Waals surface area contributed by atoms with E-state index < -0.39 is 178 Å². The Morgan fingerprint density at radius 3 is 0.857 bits per heavy atom. The van der Waals surface area contributed by atoms with Gasteiger partial charge in [-0.05, 0) is 49.9 Å². The van der Waals surface area contributed by atoms with Gasteiger partial charge in [0, 0.05) is 63.5 Å². The van der Waals surface area contributed by atoms with E-state index >= 15 is 0 Å². The number of benzene rings is 4. The van der Waals surface area contributed by atoms with Crippen LogP contribution in [0.15, 0.2) is 68.1 Å². The molecule has 4 rings (SSSR count). The summed E-state index contributed by atoms with van der Waals surface area (Å²) in [5.41, 5.74) is -3.33. The Labute approximate surface area is 396 Å². The number of amides is 4. The summed E-state index contributed by atoms with van der Waals surface area (Å²) in [7, 11) is -20.1. The van der Waals surface area contributed by atoms with Crippen LogP contribution in [-0.2, 0) is 40.5 Å². The van der Waals surface area contributed by atoms with Gasteiger partial charge in [-0.15, -0.1) is 0 Å². The molecule has 0 aliphatic rings. The third-order valence-electron chi connectivity index (χ3n) is 9.86. The van der Waals surface area contributed by atoms with Crippen LogP contribution in [0.4, 0.5) is 0 Å². The lowest BCUT2D eigenvalue weighted by Gasteiger charge is -2.26. The number of phenolic OH excluding ortho intramolecular Hbond substituents is 8. The van der Waals surface area contributed by atoms with Crippen molar-refractivity contribution in [3.63, 3.8) is 0 Å². The molecule has 0 bridgehead atoms. The summed E-state index contributed by atoms with van der Waals surface area (Å²) in [6.07, 6.45) is -0.747. The molecule has 0 unspecified atom stereocenters. The molecule has 0 spiro atoms. The van der Waals surface area contributed by atoms with Crippen molar-refractivity contribution in [2.24, 2.45) is 0 Å². The molecule has 14 N–H and O–H groups in total. The number of phenols is 8. The summed E-state index contributed by atoms with van der Waals surface area (Å²) in [5.74, 6) is -13.7. The molecular formula is C38H42N4O24S4. The largest absolute Gasteiger partial charge is 0.504 e. The predicted octanol–water partition coefficient (Wildman–Crippen LogP) is 0.323. The molecule has 0 saturated carbocycles. The zero-order valence-corrected chi connectivity index (χ0v) is 38.7. The average molecular weight is 1070 g/mol. The maximum absolute atomic E-state index is 13.9. The van der Waals surface area contributed by atoms with Gasteiger partial charge in [-0.2, -0.15) is 33.7 Å². The first-order chi connectivity index (χ1) is 32.2. The number of carbonyl (C=O) groups excluding carboxylic acids is 4. The van der Waals surface area contributed by atoms with Crippen molar-refractivity contribution in [3.05, 3.63) is 70.8 Å². The van der Waals surface area contributed by atoms with Gasteiger partial charge >= 0.3 is 0 Å². The van der Waals surface area contributed by atoms with Crippen LogP contribution in [0.1, 0.15) is 67.1 Å². The Morgan fingerprint density at radius 2 is 0.600 bits per heavy atom. The predicted molar refractivity (Wildman–Crippen MR) is 233 cm³/mol. The molecule has 0 fully saturated rings. The second-order valence-corrected chi connectivity index (χ2v) is 20.5. The first-order valence-corrected chi connectivity index (χ1v) is 25.3. The first-order valence-electron chi connectivity index (χ1n) is 19.5. The molecule has 0 heterocycles. The van der Waals surface area contributed by atoms with Gasteiger partial charge in [-0.3, -0.25) is 37.4 Å². The number of aromatic hydroxyl groups is 8. The van der Waals surface area contributed by atoms with E-state index in [1.165, 1.54) is 0 Å². The first kappa shape index (κ1) is 55.4. The van der Waals surface area contributed by atoms with Crippen LogP contribution in [0.2, 0.25) is 0 Å². The lowest BCUT2D eigenvalue weighted by atomic mass is 10.1. The van der Waals surface area contributed by atoms with E-state index in [-0.39, 0.29) is 38.8 Å². The minimum absolute atomic E-state index is 0.145. The van der Waals surface area contributed by atoms with E-state index in [4.69, 9.17) is 0 Å². The van der Waals surface area contributed by atoms with Crippen LogP contribution in [0.5, 0.6) is 46.0 Å². The van der Waals surface area contributed by atoms with Gasteiger partial charge in [0.1, 0.15) is 0 Å². The minimum Gasteiger partial charge on any atom is -0.504 e. The molecule has 0 saturated heterocycles. The summed E-state index contributed by atoms with van der Waals surface area (Å²) >= 11 is 0. The van der Waals surface area contributed by atoms with Crippen molar-refractivity contribution in [1.82, 2.24) is 20.4 Å². The normalized spacial score (nSPS) is 12.0. The molecule has 0 radical (unpaired) electrons. The number of carbonyl (C=O) groups is 4. The molecule has 0 aliphatic heterocycles. The monoisotopic (exact) mass is 1070 g/mol. The van der Waals surface area contributed by atoms with Crippen LogP contribution in [-0.4, -0.2) is 165 Å². The van der Waals surface area contributed by atoms with Crippen LogP contribution in [0.3, 0.4) is 0 Å². The number of hydrogen-bond donors (Lipinski definition) is 14. The highest BCUT2D eigenvalue weighted by Gasteiger charge is 2.28. The van der Waals surface area contributed by atoms with E-state index in [0.717, 1.165) is 9.80 Å². The average Bonchev–Trinajstić information content (AvgIpc) is 3.25. The number of nitrogens with zero attached hydrogens (tertiary/aromatic N) is 2. The second kappa shape index (κ2) is 21.6. The highest BCUT2D eigenvalue weighted by Crippen LogP contribution is 2.36. The van der Waals surface area contributed by atoms with Gasteiger partial charge in [-0.1, -0.05) is 0 Å². The Hall–Kier alpha value is -7.20. The molecule has 70 heavy (non-hydrogen) atoms. The summed E-state index contributed by atoms with van der Waals surface area (Å²) < 4.78 is 132. The summed E-state index contributed by atoms with van der Waals surface area (Å²) in [6, 6.07) is 3.91. The van der Waals surface area contributed by atoms with Gasteiger partial charge in [0.05, 0.1) is 41.8 Å². The van der Waals surface area contributed by atoms with E-state index in [9.17, 15) is 112 Å². The lowest BCUT2D eigenvalue weighted by Crippen LogP contribution is -2.37. The summed E-state index contributed by atoms with van der Waals surface area (Å²) in [6.45, 7) is -2.37. The topological polar surface area (TPSA) is 478 Å². The second-order valence-electron chi connectivity index (χ2n) is 14.8. The van der Waals surface area contributed by atoms with Crippen molar-refractivity contribution < 1.29 is 112 Å². The minimum atomic E-state index is -5.09. The molecule has 0 atom stereocenters. The molecule has 0 aromatic heterocycles. The number of unbranched alkanes of at least 4 members (excludes halogenated alkanes) is 1. The highest BCUT2D eigenvalue weighted by atomic mass is 32.2. The maximum atomic E-state index is 13.9. The zero-order chi connectivity index (χ0) is 52.8. The van der Waals surface area contributed by atoms with Gasteiger partial charge in [0.15, 0.2) is 46.0 Å². The molecule has 28 nitrogen and oxygen atoms in total. The quantitative estimate of drug-likeness (QED) is 0.0304. The van der Waals surface area contributed by atoms with Crippen molar-refractivity contribution >= 4 is 64.1 Å². The van der Waals surface area contributed by atoms with Crippen molar-refractivity contribution in [1.29, 1.82) is 0 Å². The molecule has 4 aromatic rings. The van der Waals surface area contributed by atoms with Gasteiger partial charge in [-0.25, -0.2) is 0 Å². The Morgan fingerprint density at radius 1 is 0.371 bits per heavy atom. The van der Waals surface area contributed by atoms with Crippen molar-refractivity contribution in [2.45, 2.75) is 45.3 Å². The van der Waals surface area contributed by atoms with Crippen LogP contribution in [0.25, 0.3) is 0 Å². The molecule has 0 aliphatic carbocycles. The molecule has 4 aromatic carbocycles. The molecule has 382 valence electrons. The van der Waals surface area contributed by atoms with Gasteiger partial charge in [0.2, 0.25) is 0 Å². The SMILES string of the molecule is O=C(NCCCN(CCCCN(CCCNC(=O)c1cc(S(=O)(=O)O)cc(O)c1O)C(=O)c1cc(S(=O)(=O)O)cc(O)c1O)C(=O)c1cc(S(=O)(=O)O)cc(O)c1O)c1cc(S(=O)(=O)O)cc(O)c1O. The Bertz CT molecular complexity index is 2990. The standard InChI is InChI=1S/C38H42N4O24S4/c43-27-15-19(67(55,56)57)11-23(31(27)47)35(51)39-5-3-9-41(37(53)25-13-21(69(61,62)63)17-29(45)33(25)49)7-1-2-8-42(38(54)26-14-22(70(64,65)66)18-30(46)34(26)50)10-4-6-40-36(52)24-12-20(68(58,59)60)16-28(44)32(24)48/h11-18,43-50H,1-10H2,(H,39,51)(H,40,52)(H,55,56,57)(H,58,59,60)(H,61,62,63)(H,64,65,66). The Balaban J connectivity index is 1.59. The fourth-order valence-electron chi connectivity index (χ4n) is 6.35. The highest BCUT2D eigenvalue weighted by molar-refractivity contribution is 7.86. The molecule has 4 amide bonds. The van der Waals surface area contributed by atoms with E-state index in [1.807, 2.05) is 0 Å². The van der Waals surface area contributed by atoms with Gasteiger partial charge < -0.3 is 61.3 Å².